The molecule has 0 heterocycles. The predicted molar refractivity (Wildman–Crippen MR) is 99.4 cm³/mol. The second kappa shape index (κ2) is 10.3. The van der Waals surface area contributed by atoms with Crippen molar-refractivity contribution < 1.29 is 28.5 Å². The SMILES string of the molecule is CCOC(=O)NCC(Oc1ccc(Oc2cccc(Cl)c2)cc1)C(=O)OC. The maximum atomic E-state index is 11.9. The summed E-state index contributed by atoms with van der Waals surface area (Å²) in [6.45, 7) is 1.82. The van der Waals surface area contributed by atoms with E-state index in [0.717, 1.165) is 0 Å². The van der Waals surface area contributed by atoms with Gasteiger partial charge in [0.1, 0.15) is 17.2 Å². The number of rotatable bonds is 8. The van der Waals surface area contributed by atoms with E-state index >= 15 is 0 Å². The third kappa shape index (κ3) is 6.71. The van der Waals surface area contributed by atoms with E-state index in [1.165, 1.54) is 7.11 Å². The maximum Gasteiger partial charge on any atom is 0.407 e. The molecule has 1 amide bonds. The monoisotopic (exact) mass is 393 g/mol. The molecule has 0 saturated carbocycles. The van der Waals surface area contributed by atoms with Crippen LogP contribution in [0, 0.1) is 0 Å². The van der Waals surface area contributed by atoms with E-state index in [2.05, 4.69) is 5.32 Å². The van der Waals surface area contributed by atoms with Crippen LogP contribution in [0.2, 0.25) is 5.02 Å². The van der Waals surface area contributed by atoms with Crippen LogP contribution in [0.15, 0.2) is 48.5 Å². The average Bonchev–Trinajstić information content (AvgIpc) is 2.66. The quantitative estimate of drug-likeness (QED) is 0.687. The van der Waals surface area contributed by atoms with Gasteiger partial charge in [0, 0.05) is 5.02 Å². The van der Waals surface area contributed by atoms with Crippen molar-refractivity contribution in [3.8, 4) is 17.2 Å². The Hall–Kier alpha value is -2.93. The molecule has 0 spiro atoms. The molecule has 0 saturated heterocycles. The highest BCUT2D eigenvalue weighted by atomic mass is 35.5. The molecule has 1 N–H and O–H groups in total. The number of nitrogens with one attached hydrogen (secondary N) is 1. The summed E-state index contributed by atoms with van der Waals surface area (Å²) in [4.78, 5) is 23.2. The summed E-state index contributed by atoms with van der Waals surface area (Å²) in [6.07, 6.45) is -1.65. The van der Waals surface area contributed by atoms with E-state index < -0.39 is 18.2 Å². The van der Waals surface area contributed by atoms with Gasteiger partial charge in [-0.1, -0.05) is 17.7 Å². The number of benzene rings is 2. The highest BCUT2D eigenvalue weighted by molar-refractivity contribution is 6.30. The number of esters is 1. The van der Waals surface area contributed by atoms with E-state index in [4.69, 9.17) is 30.5 Å². The molecule has 2 aromatic carbocycles. The van der Waals surface area contributed by atoms with Gasteiger partial charge in [0.15, 0.2) is 0 Å². The van der Waals surface area contributed by atoms with Crippen molar-refractivity contribution in [1.82, 2.24) is 5.32 Å². The molecule has 1 unspecified atom stereocenters. The van der Waals surface area contributed by atoms with Crippen molar-refractivity contribution in [2.75, 3.05) is 20.3 Å². The Labute approximate surface area is 162 Å². The summed E-state index contributed by atoms with van der Waals surface area (Å²) in [6, 6.07) is 13.7. The minimum atomic E-state index is -1.01. The number of carbonyl (C=O) groups excluding carboxylic acids is 2. The van der Waals surface area contributed by atoms with E-state index in [-0.39, 0.29) is 13.2 Å². The molecule has 8 heteroatoms. The average molecular weight is 394 g/mol. The predicted octanol–water partition coefficient (Wildman–Crippen LogP) is 3.80. The lowest BCUT2D eigenvalue weighted by Crippen LogP contribution is -2.41. The van der Waals surface area contributed by atoms with Crippen LogP contribution in [-0.4, -0.2) is 38.4 Å². The molecule has 7 nitrogen and oxygen atoms in total. The molecular weight excluding hydrogens is 374 g/mol. The number of amides is 1. The Morgan fingerprint density at radius 1 is 1.07 bits per heavy atom. The lowest BCUT2D eigenvalue weighted by atomic mass is 10.3. The smallest absolute Gasteiger partial charge is 0.407 e. The van der Waals surface area contributed by atoms with E-state index in [1.54, 1.807) is 55.5 Å². The van der Waals surface area contributed by atoms with Gasteiger partial charge in [-0.3, -0.25) is 0 Å². The van der Waals surface area contributed by atoms with Crippen LogP contribution in [0.4, 0.5) is 4.79 Å². The van der Waals surface area contributed by atoms with Gasteiger partial charge in [-0.05, 0) is 49.4 Å². The van der Waals surface area contributed by atoms with Crippen LogP contribution in [-0.2, 0) is 14.3 Å². The number of methoxy groups -OCH3 is 1. The summed E-state index contributed by atoms with van der Waals surface area (Å²) in [5.41, 5.74) is 0. The number of ether oxygens (including phenoxy) is 4. The zero-order valence-corrected chi connectivity index (χ0v) is 15.7. The van der Waals surface area contributed by atoms with Gasteiger partial charge in [-0.25, -0.2) is 9.59 Å². The molecule has 144 valence electrons. The number of carbonyl (C=O) groups is 2. The Morgan fingerprint density at radius 3 is 2.41 bits per heavy atom. The van der Waals surface area contributed by atoms with E-state index in [9.17, 15) is 9.59 Å². The first kappa shape index (κ1) is 20.4. The lowest BCUT2D eigenvalue weighted by molar-refractivity contribution is -0.148. The summed E-state index contributed by atoms with van der Waals surface area (Å²) >= 11 is 5.93. The third-order valence-corrected chi connectivity index (χ3v) is 3.54. The molecule has 2 aromatic rings. The second-order valence-corrected chi connectivity index (χ2v) is 5.70. The van der Waals surface area contributed by atoms with Gasteiger partial charge in [0.25, 0.3) is 0 Å². The first-order valence-electron chi connectivity index (χ1n) is 8.20. The van der Waals surface area contributed by atoms with Gasteiger partial charge < -0.3 is 24.3 Å². The van der Waals surface area contributed by atoms with Crippen LogP contribution in [0.3, 0.4) is 0 Å². The maximum absolute atomic E-state index is 11.9. The van der Waals surface area contributed by atoms with Crippen molar-refractivity contribution in [2.45, 2.75) is 13.0 Å². The van der Waals surface area contributed by atoms with Gasteiger partial charge in [-0.15, -0.1) is 0 Å². The zero-order chi connectivity index (χ0) is 19.6. The van der Waals surface area contributed by atoms with Crippen molar-refractivity contribution >= 4 is 23.7 Å². The molecule has 0 bridgehead atoms. The van der Waals surface area contributed by atoms with Crippen molar-refractivity contribution in [2.24, 2.45) is 0 Å². The molecule has 27 heavy (non-hydrogen) atoms. The van der Waals surface area contributed by atoms with Crippen LogP contribution < -0.4 is 14.8 Å². The summed E-state index contributed by atoms with van der Waals surface area (Å²) < 4.78 is 20.7. The van der Waals surface area contributed by atoms with Crippen LogP contribution in [0.5, 0.6) is 17.2 Å². The molecule has 0 radical (unpaired) electrons. The normalized spacial score (nSPS) is 11.2. The molecule has 1 atom stereocenters. The third-order valence-electron chi connectivity index (χ3n) is 3.31. The van der Waals surface area contributed by atoms with Crippen molar-refractivity contribution in [3.05, 3.63) is 53.6 Å². The first-order chi connectivity index (χ1) is 13.0. The Morgan fingerprint density at radius 2 is 1.78 bits per heavy atom. The van der Waals surface area contributed by atoms with Gasteiger partial charge in [0.05, 0.1) is 20.3 Å². The fourth-order valence-electron chi connectivity index (χ4n) is 2.08. The molecule has 0 aliphatic carbocycles. The number of halogens is 1. The highest BCUT2D eigenvalue weighted by Gasteiger charge is 2.22. The molecule has 0 fully saturated rings. The van der Waals surface area contributed by atoms with Crippen LogP contribution >= 0.6 is 11.6 Å². The van der Waals surface area contributed by atoms with E-state index in [0.29, 0.717) is 22.3 Å². The summed E-state index contributed by atoms with van der Waals surface area (Å²) in [7, 11) is 1.24. The fourth-order valence-corrected chi connectivity index (χ4v) is 2.26. The van der Waals surface area contributed by atoms with Crippen molar-refractivity contribution in [1.29, 1.82) is 0 Å². The Kier molecular flexibility index (Phi) is 7.76. The first-order valence-corrected chi connectivity index (χ1v) is 8.58. The Bertz CT molecular complexity index is 765. The van der Waals surface area contributed by atoms with Crippen LogP contribution in [0.25, 0.3) is 0 Å². The van der Waals surface area contributed by atoms with Gasteiger partial charge >= 0.3 is 12.1 Å². The largest absolute Gasteiger partial charge is 0.477 e. The molecule has 0 aliphatic rings. The summed E-state index contributed by atoms with van der Waals surface area (Å²) in [5.74, 6) is 0.965. The minimum Gasteiger partial charge on any atom is -0.477 e. The van der Waals surface area contributed by atoms with Gasteiger partial charge in [-0.2, -0.15) is 0 Å². The molecule has 2 rings (SSSR count). The lowest BCUT2D eigenvalue weighted by Gasteiger charge is -2.17. The van der Waals surface area contributed by atoms with Gasteiger partial charge in [0.2, 0.25) is 6.10 Å². The zero-order valence-electron chi connectivity index (χ0n) is 14.9. The number of hydrogen-bond donors (Lipinski definition) is 1. The fraction of sp³-hybridized carbons (Fsp3) is 0.263. The highest BCUT2D eigenvalue weighted by Crippen LogP contribution is 2.26. The summed E-state index contributed by atoms with van der Waals surface area (Å²) in [5, 5.41) is 3.02. The topological polar surface area (TPSA) is 83.1 Å². The number of hydrogen-bond acceptors (Lipinski definition) is 6. The minimum absolute atomic E-state index is 0.0910. The van der Waals surface area contributed by atoms with Crippen molar-refractivity contribution in [3.63, 3.8) is 0 Å². The molecule has 0 aromatic heterocycles. The van der Waals surface area contributed by atoms with Crippen LogP contribution in [0.1, 0.15) is 6.92 Å². The molecular formula is C19H20ClNO6. The Balaban J connectivity index is 1.98. The molecule has 0 aliphatic heterocycles. The number of alkyl carbamates (subject to hydrolysis) is 1. The van der Waals surface area contributed by atoms with E-state index in [1.807, 2.05) is 0 Å². The second-order valence-electron chi connectivity index (χ2n) is 5.26. The standard InChI is InChI=1S/C19H20ClNO6/c1-3-25-19(23)21-12-17(18(22)24-2)27-15-9-7-14(8-10-15)26-16-6-4-5-13(20)11-16/h4-11,17H,3,12H2,1-2H3,(H,21,23).